The van der Waals surface area contributed by atoms with Gasteiger partial charge in [-0.15, -0.1) is 0 Å². The number of aromatic nitrogens is 1. The minimum absolute atomic E-state index is 0.0245. The van der Waals surface area contributed by atoms with E-state index in [1.54, 1.807) is 4.57 Å². The predicted octanol–water partition coefficient (Wildman–Crippen LogP) is 4.11. The quantitative estimate of drug-likeness (QED) is 0.613. The average Bonchev–Trinajstić information content (AvgIpc) is 3.04. The van der Waals surface area contributed by atoms with Gasteiger partial charge in [0.15, 0.2) is 4.80 Å². The molecule has 3 aromatic rings. The molecule has 5 nitrogen and oxygen atoms in total. The second-order valence-electron chi connectivity index (χ2n) is 7.58. The zero-order valence-electron chi connectivity index (χ0n) is 16.9. The first-order chi connectivity index (χ1) is 14.0. The zero-order chi connectivity index (χ0) is 20.5. The maximum absolute atomic E-state index is 12.9. The fraction of sp³-hybridized carbons (Fsp3) is 0.348. The monoisotopic (exact) mass is 408 g/mol. The van der Waals surface area contributed by atoms with Gasteiger partial charge in [0.1, 0.15) is 6.54 Å². The third-order valence-electron chi connectivity index (χ3n) is 5.42. The molecule has 0 saturated heterocycles. The van der Waals surface area contributed by atoms with Gasteiger partial charge in [0.05, 0.1) is 17.3 Å². The lowest BCUT2D eigenvalue weighted by molar-refractivity contribution is -0.141. The Morgan fingerprint density at radius 2 is 1.86 bits per heavy atom. The first-order valence-corrected chi connectivity index (χ1v) is 10.7. The number of fused-ring (bicyclic) bond motifs is 2. The molecule has 4 rings (SSSR count). The fourth-order valence-corrected chi connectivity index (χ4v) is 5.24. The molecular weight excluding hydrogens is 384 g/mol. The third-order valence-corrected chi connectivity index (χ3v) is 6.44. The number of amides is 1. The van der Waals surface area contributed by atoms with Gasteiger partial charge in [-0.25, -0.2) is 0 Å². The third kappa shape index (κ3) is 3.90. The molecule has 0 aliphatic heterocycles. The van der Waals surface area contributed by atoms with E-state index in [9.17, 15) is 9.59 Å². The number of rotatable bonds is 3. The Kier molecular flexibility index (Phi) is 5.37. The molecule has 1 aliphatic rings. The van der Waals surface area contributed by atoms with Crippen molar-refractivity contribution in [2.75, 3.05) is 7.11 Å². The van der Waals surface area contributed by atoms with Crippen molar-refractivity contribution in [3.63, 3.8) is 0 Å². The standard InChI is InChI=1S/C23H24N2O3S/c1-14-10-15(2)21-19(11-14)29-23(25(21)13-20(26)28-3)24-22(27)18-9-8-16-6-4-5-7-17(16)12-18/h8-12H,4-7,13H2,1-3H3. The van der Waals surface area contributed by atoms with Crippen molar-refractivity contribution < 1.29 is 14.3 Å². The van der Waals surface area contributed by atoms with Crippen LogP contribution >= 0.6 is 11.3 Å². The molecule has 0 saturated carbocycles. The number of ether oxygens (including phenoxy) is 1. The summed E-state index contributed by atoms with van der Waals surface area (Å²) in [6, 6.07) is 10.0. The Morgan fingerprint density at radius 3 is 2.62 bits per heavy atom. The van der Waals surface area contributed by atoms with E-state index in [0.717, 1.165) is 40.6 Å². The van der Waals surface area contributed by atoms with Gasteiger partial charge in [-0.3, -0.25) is 9.59 Å². The normalized spacial score (nSPS) is 14.1. The minimum Gasteiger partial charge on any atom is -0.468 e. The van der Waals surface area contributed by atoms with Crippen LogP contribution in [0.2, 0.25) is 0 Å². The zero-order valence-corrected chi connectivity index (χ0v) is 17.8. The lowest BCUT2D eigenvalue weighted by Gasteiger charge is -2.15. The summed E-state index contributed by atoms with van der Waals surface area (Å²) in [4.78, 5) is 29.9. The highest BCUT2D eigenvalue weighted by molar-refractivity contribution is 7.16. The molecule has 29 heavy (non-hydrogen) atoms. The van der Waals surface area contributed by atoms with Gasteiger partial charge < -0.3 is 9.30 Å². The summed E-state index contributed by atoms with van der Waals surface area (Å²) in [5.74, 6) is -0.648. The van der Waals surface area contributed by atoms with Crippen molar-refractivity contribution in [3.8, 4) is 0 Å². The average molecular weight is 409 g/mol. The number of carbonyl (C=O) groups is 2. The maximum Gasteiger partial charge on any atom is 0.325 e. The van der Waals surface area contributed by atoms with E-state index >= 15 is 0 Å². The van der Waals surface area contributed by atoms with Crippen LogP contribution in [0, 0.1) is 13.8 Å². The van der Waals surface area contributed by atoms with Crippen LogP contribution in [-0.4, -0.2) is 23.6 Å². The van der Waals surface area contributed by atoms with Crippen LogP contribution in [0.5, 0.6) is 0 Å². The number of methoxy groups -OCH3 is 1. The van der Waals surface area contributed by atoms with Gasteiger partial charge >= 0.3 is 5.97 Å². The molecule has 0 bridgehead atoms. The Balaban J connectivity index is 1.82. The number of thiazole rings is 1. The van der Waals surface area contributed by atoms with Crippen LogP contribution in [0.3, 0.4) is 0 Å². The van der Waals surface area contributed by atoms with E-state index < -0.39 is 0 Å². The van der Waals surface area contributed by atoms with Crippen molar-refractivity contribution in [1.82, 2.24) is 4.57 Å². The van der Waals surface area contributed by atoms with Gasteiger partial charge in [-0.05, 0) is 80.0 Å². The first kappa shape index (κ1) is 19.6. The molecule has 1 aliphatic carbocycles. The first-order valence-electron chi connectivity index (χ1n) is 9.84. The molecule has 6 heteroatoms. The Morgan fingerprint density at radius 1 is 1.10 bits per heavy atom. The van der Waals surface area contributed by atoms with E-state index in [-0.39, 0.29) is 18.4 Å². The lowest BCUT2D eigenvalue weighted by atomic mass is 9.90. The largest absolute Gasteiger partial charge is 0.468 e. The number of hydrogen-bond donors (Lipinski definition) is 0. The smallest absolute Gasteiger partial charge is 0.325 e. The van der Waals surface area contributed by atoms with E-state index in [0.29, 0.717) is 10.4 Å². The second kappa shape index (κ2) is 7.95. The molecule has 1 amide bonds. The van der Waals surface area contributed by atoms with Gasteiger partial charge in [0, 0.05) is 5.56 Å². The van der Waals surface area contributed by atoms with Crippen molar-refractivity contribution in [2.45, 2.75) is 46.1 Å². The van der Waals surface area contributed by atoms with E-state index in [1.165, 1.54) is 36.0 Å². The number of benzene rings is 2. The van der Waals surface area contributed by atoms with Gasteiger partial charge in [-0.1, -0.05) is 23.5 Å². The van der Waals surface area contributed by atoms with Crippen LogP contribution in [0.25, 0.3) is 10.2 Å². The number of hydrogen-bond acceptors (Lipinski definition) is 4. The molecule has 0 fully saturated rings. The maximum atomic E-state index is 12.9. The fourth-order valence-electron chi connectivity index (χ4n) is 4.04. The molecule has 0 atom stereocenters. The molecule has 1 heterocycles. The van der Waals surface area contributed by atoms with Crippen LogP contribution in [-0.2, 0) is 28.9 Å². The Bertz CT molecular complexity index is 1190. The molecule has 1 aromatic heterocycles. The Hall–Kier alpha value is -2.73. The SMILES string of the molecule is COC(=O)Cn1c(=NC(=O)c2ccc3c(c2)CCCC3)sc2cc(C)cc(C)c21. The summed E-state index contributed by atoms with van der Waals surface area (Å²) in [6.07, 6.45) is 4.46. The Labute approximate surface area is 173 Å². The summed E-state index contributed by atoms with van der Waals surface area (Å²) in [7, 11) is 1.36. The predicted molar refractivity (Wildman–Crippen MR) is 114 cm³/mol. The minimum atomic E-state index is -0.368. The summed E-state index contributed by atoms with van der Waals surface area (Å²) in [5, 5.41) is 0. The molecular formula is C23H24N2O3S. The topological polar surface area (TPSA) is 60.7 Å². The van der Waals surface area contributed by atoms with Crippen LogP contribution in [0.4, 0.5) is 0 Å². The van der Waals surface area contributed by atoms with E-state index in [4.69, 9.17) is 4.74 Å². The van der Waals surface area contributed by atoms with Gasteiger partial charge in [0.25, 0.3) is 5.91 Å². The van der Waals surface area contributed by atoms with Crippen molar-refractivity contribution in [2.24, 2.45) is 4.99 Å². The van der Waals surface area contributed by atoms with Crippen LogP contribution < -0.4 is 4.80 Å². The van der Waals surface area contributed by atoms with Crippen molar-refractivity contribution >= 4 is 33.4 Å². The number of nitrogens with zero attached hydrogens (tertiary/aromatic N) is 2. The highest BCUT2D eigenvalue weighted by atomic mass is 32.1. The number of aryl methyl sites for hydroxylation is 4. The van der Waals surface area contributed by atoms with Crippen molar-refractivity contribution in [1.29, 1.82) is 0 Å². The van der Waals surface area contributed by atoms with Crippen LogP contribution in [0.1, 0.15) is 45.5 Å². The van der Waals surface area contributed by atoms with Crippen LogP contribution in [0.15, 0.2) is 35.3 Å². The van der Waals surface area contributed by atoms with Crippen molar-refractivity contribution in [3.05, 3.63) is 63.0 Å². The van der Waals surface area contributed by atoms with E-state index in [1.807, 2.05) is 26.0 Å². The molecule has 0 radical (unpaired) electrons. The molecule has 150 valence electrons. The highest BCUT2D eigenvalue weighted by Crippen LogP contribution is 2.24. The van der Waals surface area contributed by atoms with Gasteiger partial charge in [-0.2, -0.15) is 4.99 Å². The molecule has 0 N–H and O–H groups in total. The summed E-state index contributed by atoms with van der Waals surface area (Å²) < 4.78 is 7.65. The second-order valence-corrected chi connectivity index (χ2v) is 8.59. The van der Waals surface area contributed by atoms with Gasteiger partial charge in [0.2, 0.25) is 0 Å². The van der Waals surface area contributed by atoms with E-state index in [2.05, 4.69) is 23.2 Å². The molecule has 0 spiro atoms. The number of carbonyl (C=O) groups excluding carboxylic acids is 2. The summed E-state index contributed by atoms with van der Waals surface area (Å²) in [5.41, 5.74) is 6.28. The summed E-state index contributed by atoms with van der Waals surface area (Å²) in [6.45, 7) is 4.06. The lowest BCUT2D eigenvalue weighted by Crippen LogP contribution is -2.22. The highest BCUT2D eigenvalue weighted by Gasteiger charge is 2.16. The molecule has 2 aromatic carbocycles. The molecule has 0 unspecified atom stereocenters. The summed E-state index contributed by atoms with van der Waals surface area (Å²) >= 11 is 1.42. The number of esters is 1.